The quantitative estimate of drug-likeness (QED) is 0.323. The Kier molecular flexibility index (Phi) is 10.8. The Balaban J connectivity index is 0.00000512. The molecule has 0 aliphatic carbocycles. The molecule has 0 aromatic heterocycles. The van der Waals surface area contributed by atoms with Crippen molar-refractivity contribution >= 4 is 36.0 Å². The van der Waals surface area contributed by atoms with E-state index >= 15 is 0 Å². The SMILES string of the molecule is COc1ccc(C(CN=C(N)N2CCN(C(=O)OC(C)(C)C)CC2)N(C)C)cc1OC.I. The van der Waals surface area contributed by atoms with Crippen LogP contribution in [0.4, 0.5) is 4.79 Å². The van der Waals surface area contributed by atoms with E-state index in [-0.39, 0.29) is 36.1 Å². The van der Waals surface area contributed by atoms with Gasteiger partial charge in [0.2, 0.25) is 0 Å². The monoisotopic (exact) mass is 563 g/mol. The molecule has 2 N–H and O–H groups in total. The van der Waals surface area contributed by atoms with Crippen LogP contribution in [0.5, 0.6) is 11.5 Å². The summed E-state index contributed by atoms with van der Waals surface area (Å²) in [6.07, 6.45) is -0.288. The van der Waals surface area contributed by atoms with E-state index in [1.807, 2.05) is 58.0 Å². The zero-order valence-electron chi connectivity index (χ0n) is 20.3. The highest BCUT2D eigenvalue weighted by molar-refractivity contribution is 14.0. The van der Waals surface area contributed by atoms with Crippen molar-refractivity contribution in [3.63, 3.8) is 0 Å². The molecule has 9 nitrogen and oxygen atoms in total. The summed E-state index contributed by atoms with van der Waals surface area (Å²) in [6.45, 7) is 8.45. The molecular weight excluding hydrogens is 525 g/mol. The van der Waals surface area contributed by atoms with Crippen molar-refractivity contribution in [3.05, 3.63) is 23.8 Å². The molecule has 0 bridgehead atoms. The summed E-state index contributed by atoms with van der Waals surface area (Å²) in [5.41, 5.74) is 6.84. The van der Waals surface area contributed by atoms with Crippen molar-refractivity contribution in [2.24, 2.45) is 10.7 Å². The molecule has 1 atom stereocenters. The van der Waals surface area contributed by atoms with Crippen LogP contribution in [0.1, 0.15) is 32.4 Å². The molecule has 1 saturated heterocycles. The van der Waals surface area contributed by atoms with Gasteiger partial charge in [-0.1, -0.05) is 6.07 Å². The highest BCUT2D eigenvalue weighted by Gasteiger charge is 2.26. The first-order valence-corrected chi connectivity index (χ1v) is 10.5. The van der Waals surface area contributed by atoms with Gasteiger partial charge in [0, 0.05) is 26.2 Å². The summed E-state index contributed by atoms with van der Waals surface area (Å²) >= 11 is 0. The van der Waals surface area contributed by atoms with Gasteiger partial charge in [0.15, 0.2) is 17.5 Å². The molecule has 182 valence electrons. The molecule has 0 radical (unpaired) electrons. The smallest absolute Gasteiger partial charge is 0.410 e. The lowest BCUT2D eigenvalue weighted by Crippen LogP contribution is -2.53. The summed E-state index contributed by atoms with van der Waals surface area (Å²) in [5.74, 6) is 1.85. The molecule has 1 amide bonds. The summed E-state index contributed by atoms with van der Waals surface area (Å²) < 4.78 is 16.2. The van der Waals surface area contributed by atoms with Crippen LogP contribution in [-0.4, -0.2) is 93.4 Å². The summed E-state index contributed by atoms with van der Waals surface area (Å²) in [5, 5.41) is 0. The summed E-state index contributed by atoms with van der Waals surface area (Å²) in [7, 11) is 7.26. The number of carbonyl (C=O) groups is 1. The van der Waals surface area contributed by atoms with Crippen LogP contribution < -0.4 is 15.2 Å². The van der Waals surface area contributed by atoms with Crippen molar-refractivity contribution < 1.29 is 19.0 Å². The maximum atomic E-state index is 12.2. The lowest BCUT2D eigenvalue weighted by atomic mass is 10.1. The molecule has 0 saturated carbocycles. The van der Waals surface area contributed by atoms with E-state index in [1.165, 1.54) is 0 Å². The first-order valence-electron chi connectivity index (χ1n) is 10.5. The average molecular weight is 563 g/mol. The highest BCUT2D eigenvalue weighted by Crippen LogP contribution is 2.31. The van der Waals surface area contributed by atoms with Crippen molar-refractivity contribution in [2.75, 3.05) is 61.0 Å². The second kappa shape index (κ2) is 12.3. The lowest BCUT2D eigenvalue weighted by molar-refractivity contribution is 0.0186. The molecule has 1 unspecified atom stereocenters. The van der Waals surface area contributed by atoms with Gasteiger partial charge in [-0.15, -0.1) is 24.0 Å². The molecule has 1 aromatic rings. The molecule has 1 aromatic carbocycles. The van der Waals surface area contributed by atoms with Gasteiger partial charge in [0.25, 0.3) is 0 Å². The highest BCUT2D eigenvalue weighted by atomic mass is 127. The first-order chi connectivity index (χ1) is 14.6. The molecule has 32 heavy (non-hydrogen) atoms. The normalized spacial score (nSPS) is 15.8. The second-order valence-corrected chi connectivity index (χ2v) is 8.75. The first kappa shape index (κ1) is 28.1. The number of nitrogens with two attached hydrogens (primary N) is 1. The van der Waals surface area contributed by atoms with Crippen LogP contribution in [-0.2, 0) is 4.74 Å². The number of benzene rings is 1. The number of piperazine rings is 1. The predicted molar refractivity (Wildman–Crippen MR) is 137 cm³/mol. The van der Waals surface area contributed by atoms with E-state index in [0.29, 0.717) is 50.2 Å². The number of likely N-dealkylation sites (N-methyl/N-ethyl adjacent to an activating group) is 1. The van der Waals surface area contributed by atoms with Crippen LogP contribution >= 0.6 is 24.0 Å². The molecule has 10 heteroatoms. The number of nitrogens with zero attached hydrogens (tertiary/aromatic N) is 4. The number of ether oxygens (including phenoxy) is 3. The molecule has 1 fully saturated rings. The Morgan fingerprint density at radius 2 is 1.66 bits per heavy atom. The van der Waals surface area contributed by atoms with Gasteiger partial charge in [-0.2, -0.15) is 0 Å². The number of halogens is 1. The van der Waals surface area contributed by atoms with E-state index < -0.39 is 5.60 Å². The number of hydrogen-bond acceptors (Lipinski definition) is 6. The topological polar surface area (TPSA) is 92.9 Å². The molecule has 1 aliphatic heterocycles. The van der Waals surface area contributed by atoms with Crippen LogP contribution in [0.2, 0.25) is 0 Å². The van der Waals surface area contributed by atoms with E-state index in [9.17, 15) is 4.79 Å². The van der Waals surface area contributed by atoms with Crippen LogP contribution in [0.3, 0.4) is 0 Å². The molecular formula is C22H38IN5O4. The Labute approximate surface area is 208 Å². The van der Waals surface area contributed by atoms with Gasteiger partial charge in [-0.3, -0.25) is 4.99 Å². The van der Waals surface area contributed by atoms with Crippen LogP contribution in [0, 0.1) is 0 Å². The maximum Gasteiger partial charge on any atom is 0.410 e. The number of hydrogen-bond donors (Lipinski definition) is 1. The molecule has 1 heterocycles. The third-order valence-corrected chi connectivity index (χ3v) is 5.10. The zero-order valence-corrected chi connectivity index (χ0v) is 22.6. The number of rotatable bonds is 6. The van der Waals surface area contributed by atoms with Crippen molar-refractivity contribution in [2.45, 2.75) is 32.4 Å². The van der Waals surface area contributed by atoms with Crippen LogP contribution in [0.25, 0.3) is 0 Å². The van der Waals surface area contributed by atoms with Gasteiger partial charge in [0.05, 0.1) is 26.8 Å². The minimum Gasteiger partial charge on any atom is -0.493 e. The summed E-state index contributed by atoms with van der Waals surface area (Å²) in [6, 6.07) is 5.90. The van der Waals surface area contributed by atoms with Gasteiger partial charge in [-0.25, -0.2) is 4.79 Å². The summed E-state index contributed by atoms with van der Waals surface area (Å²) in [4.78, 5) is 22.7. The molecule has 1 aliphatic rings. The van der Waals surface area contributed by atoms with Gasteiger partial charge in [-0.05, 0) is 52.6 Å². The standard InChI is InChI=1S/C22H37N5O4.HI/c1-22(2,3)31-21(28)27-12-10-26(11-13-27)20(23)24-15-17(25(4)5)16-8-9-18(29-6)19(14-16)30-7;/h8-9,14,17H,10-13,15H2,1-7H3,(H2,23,24);1H. The minimum absolute atomic E-state index is 0. The average Bonchev–Trinajstić information content (AvgIpc) is 2.72. The number of guanidine groups is 1. The molecule has 2 rings (SSSR count). The fourth-order valence-electron chi connectivity index (χ4n) is 3.35. The fraction of sp³-hybridized carbons (Fsp3) is 0.636. The second-order valence-electron chi connectivity index (χ2n) is 8.75. The Morgan fingerprint density at radius 3 is 2.16 bits per heavy atom. The predicted octanol–water partition coefficient (Wildman–Crippen LogP) is 2.79. The lowest BCUT2D eigenvalue weighted by Gasteiger charge is -2.36. The van der Waals surface area contributed by atoms with E-state index in [0.717, 1.165) is 5.56 Å². The van der Waals surface area contributed by atoms with Gasteiger partial charge < -0.3 is 34.6 Å². The van der Waals surface area contributed by atoms with Crippen molar-refractivity contribution in [3.8, 4) is 11.5 Å². The minimum atomic E-state index is -0.500. The number of methoxy groups -OCH3 is 2. The Hall–Kier alpha value is -1.95. The van der Waals surface area contributed by atoms with Crippen LogP contribution in [0.15, 0.2) is 23.2 Å². The third kappa shape index (κ3) is 7.88. The molecule has 0 spiro atoms. The largest absolute Gasteiger partial charge is 0.493 e. The fourth-order valence-corrected chi connectivity index (χ4v) is 3.35. The number of amides is 1. The Morgan fingerprint density at radius 1 is 1.09 bits per heavy atom. The van der Waals surface area contributed by atoms with E-state index in [2.05, 4.69) is 9.89 Å². The van der Waals surface area contributed by atoms with Gasteiger partial charge >= 0.3 is 6.09 Å². The van der Waals surface area contributed by atoms with Crippen molar-refractivity contribution in [1.29, 1.82) is 0 Å². The van der Waals surface area contributed by atoms with E-state index in [4.69, 9.17) is 19.9 Å². The number of aliphatic imine (C=N–C) groups is 1. The van der Waals surface area contributed by atoms with E-state index in [1.54, 1.807) is 19.1 Å². The zero-order chi connectivity index (χ0) is 23.2. The number of carbonyl (C=O) groups excluding carboxylic acids is 1. The van der Waals surface area contributed by atoms with Crippen molar-refractivity contribution in [1.82, 2.24) is 14.7 Å². The maximum absolute atomic E-state index is 12.2. The third-order valence-electron chi connectivity index (χ3n) is 5.10. The Bertz CT molecular complexity index is 774. The van der Waals surface area contributed by atoms with Gasteiger partial charge in [0.1, 0.15) is 5.60 Å².